The number of urea groups is 1. The maximum atomic E-state index is 13.7. The van der Waals surface area contributed by atoms with Crippen molar-refractivity contribution in [1.82, 2.24) is 21.1 Å². The van der Waals surface area contributed by atoms with Gasteiger partial charge in [-0.2, -0.15) is 0 Å². The van der Waals surface area contributed by atoms with Crippen LogP contribution >= 0.6 is 0 Å². The highest BCUT2D eigenvalue weighted by Gasteiger charge is 2.29. The van der Waals surface area contributed by atoms with Crippen LogP contribution in [0, 0.1) is 5.82 Å². The Morgan fingerprint density at radius 3 is 2.84 bits per heavy atom. The molecule has 8 nitrogen and oxygen atoms in total. The fourth-order valence-electron chi connectivity index (χ4n) is 2.40. The van der Waals surface area contributed by atoms with Crippen molar-refractivity contribution in [2.45, 2.75) is 25.4 Å². The predicted molar refractivity (Wildman–Crippen MR) is 83.4 cm³/mol. The summed E-state index contributed by atoms with van der Waals surface area (Å²) in [5.74, 6) is -0.790. The van der Waals surface area contributed by atoms with Gasteiger partial charge in [0.05, 0.1) is 6.54 Å². The molecule has 9 heteroatoms. The average molecular weight is 346 g/mol. The zero-order valence-electron chi connectivity index (χ0n) is 13.0. The minimum absolute atomic E-state index is 0.0622. The summed E-state index contributed by atoms with van der Waals surface area (Å²) in [6, 6.07) is 6.46. The highest BCUT2D eigenvalue weighted by Crippen LogP contribution is 2.21. The van der Waals surface area contributed by atoms with Crippen molar-refractivity contribution in [2.75, 3.05) is 0 Å². The van der Waals surface area contributed by atoms with Gasteiger partial charge < -0.3 is 15.2 Å². The molecule has 4 amide bonds. The molecule has 3 N–H and O–H groups in total. The molecule has 1 atom stereocenters. The largest absolute Gasteiger partial charge is 0.359 e. The number of nitrogens with one attached hydrogen (secondary N) is 3. The van der Waals surface area contributed by atoms with Crippen LogP contribution in [0.2, 0.25) is 0 Å². The number of carbonyl (C=O) groups excluding carboxylic acids is 3. The van der Waals surface area contributed by atoms with Crippen LogP contribution in [0.3, 0.4) is 0 Å². The van der Waals surface area contributed by atoms with Gasteiger partial charge in [0.15, 0.2) is 5.76 Å². The van der Waals surface area contributed by atoms with Crippen LogP contribution in [0.25, 0.3) is 11.3 Å². The van der Waals surface area contributed by atoms with Crippen LogP contribution in [0.4, 0.5) is 9.18 Å². The number of aromatic nitrogens is 1. The van der Waals surface area contributed by atoms with E-state index in [0.717, 1.165) is 0 Å². The van der Waals surface area contributed by atoms with E-state index < -0.39 is 23.8 Å². The molecular weight excluding hydrogens is 331 g/mol. The number of benzene rings is 1. The Bertz CT molecular complexity index is 820. The molecule has 0 radical (unpaired) electrons. The molecule has 1 aromatic heterocycles. The lowest BCUT2D eigenvalue weighted by molar-refractivity contribution is -0.122. The highest BCUT2D eigenvalue weighted by atomic mass is 19.1. The van der Waals surface area contributed by atoms with Crippen molar-refractivity contribution < 1.29 is 23.3 Å². The quantitative estimate of drug-likeness (QED) is 0.678. The van der Waals surface area contributed by atoms with E-state index in [-0.39, 0.29) is 25.3 Å². The Labute approximate surface area is 141 Å². The fraction of sp³-hybridized carbons (Fsp3) is 0.250. The molecule has 0 saturated carbocycles. The average Bonchev–Trinajstić information content (AvgIpc) is 3.17. The molecule has 2 aromatic rings. The molecule has 3 rings (SSSR count). The van der Waals surface area contributed by atoms with Gasteiger partial charge in [0.2, 0.25) is 5.91 Å². The molecular formula is C16H15FN4O4. The van der Waals surface area contributed by atoms with E-state index in [1.807, 2.05) is 0 Å². The lowest BCUT2D eigenvalue weighted by Gasteiger charge is -2.06. The van der Waals surface area contributed by atoms with E-state index in [0.29, 0.717) is 17.0 Å². The second-order valence-corrected chi connectivity index (χ2v) is 5.49. The van der Waals surface area contributed by atoms with Gasteiger partial charge in [-0.25, -0.2) is 9.18 Å². The third-order valence-corrected chi connectivity index (χ3v) is 3.69. The van der Waals surface area contributed by atoms with Gasteiger partial charge >= 0.3 is 6.03 Å². The minimum atomic E-state index is -0.698. The Balaban J connectivity index is 1.49. The van der Waals surface area contributed by atoms with E-state index in [2.05, 4.69) is 21.1 Å². The van der Waals surface area contributed by atoms with Gasteiger partial charge in [-0.3, -0.25) is 14.9 Å². The van der Waals surface area contributed by atoms with Crippen molar-refractivity contribution in [2.24, 2.45) is 0 Å². The van der Waals surface area contributed by atoms with Crippen molar-refractivity contribution in [1.29, 1.82) is 0 Å². The number of hydrogen-bond donors (Lipinski definition) is 3. The van der Waals surface area contributed by atoms with Crippen LogP contribution < -0.4 is 16.0 Å². The zero-order valence-corrected chi connectivity index (χ0v) is 13.0. The molecule has 0 bridgehead atoms. The third-order valence-electron chi connectivity index (χ3n) is 3.69. The summed E-state index contributed by atoms with van der Waals surface area (Å²) in [7, 11) is 0. The molecule has 130 valence electrons. The maximum absolute atomic E-state index is 13.7. The topological polar surface area (TPSA) is 113 Å². The van der Waals surface area contributed by atoms with E-state index in [4.69, 9.17) is 4.52 Å². The van der Waals surface area contributed by atoms with Gasteiger partial charge in [-0.05, 0) is 18.6 Å². The van der Waals surface area contributed by atoms with Crippen LogP contribution in [-0.4, -0.2) is 29.0 Å². The SMILES string of the molecule is O=C(CC[C@H]1NC(=O)NC1=O)NCc1cc(-c2ccccc2F)no1. The van der Waals surface area contributed by atoms with E-state index in [1.54, 1.807) is 24.3 Å². The standard InChI is InChI=1S/C16H15FN4O4/c17-11-4-2-1-3-10(11)13-7-9(25-21-13)8-18-14(22)6-5-12-15(23)20-16(24)19-12/h1-4,7,12H,5-6,8H2,(H,18,22)(H2,19,20,23,24)/t12-/m1/s1. The number of imide groups is 1. The number of nitrogens with zero attached hydrogens (tertiary/aromatic N) is 1. The number of hydrogen-bond acceptors (Lipinski definition) is 5. The van der Waals surface area contributed by atoms with Gasteiger partial charge in [-0.1, -0.05) is 17.3 Å². The van der Waals surface area contributed by atoms with Gasteiger partial charge in [0.25, 0.3) is 5.91 Å². The molecule has 1 aliphatic heterocycles. The Hall–Kier alpha value is -3.23. The normalized spacial score (nSPS) is 16.4. The van der Waals surface area contributed by atoms with Crippen LogP contribution in [-0.2, 0) is 16.1 Å². The van der Waals surface area contributed by atoms with Crippen molar-refractivity contribution in [3.63, 3.8) is 0 Å². The predicted octanol–water partition coefficient (Wildman–Crippen LogP) is 1.09. The second-order valence-electron chi connectivity index (χ2n) is 5.49. The Morgan fingerprint density at radius 2 is 2.12 bits per heavy atom. The zero-order chi connectivity index (χ0) is 17.8. The monoisotopic (exact) mass is 346 g/mol. The van der Waals surface area contributed by atoms with Crippen molar-refractivity contribution in [3.05, 3.63) is 41.9 Å². The smallest absolute Gasteiger partial charge is 0.322 e. The summed E-state index contributed by atoms with van der Waals surface area (Å²) < 4.78 is 18.8. The number of carbonyl (C=O) groups is 3. The van der Waals surface area contributed by atoms with Gasteiger partial charge in [-0.15, -0.1) is 0 Å². The highest BCUT2D eigenvalue weighted by molar-refractivity contribution is 6.04. The van der Waals surface area contributed by atoms with Crippen molar-refractivity contribution in [3.8, 4) is 11.3 Å². The first kappa shape index (κ1) is 16.6. The van der Waals surface area contributed by atoms with E-state index in [1.165, 1.54) is 6.07 Å². The van der Waals surface area contributed by atoms with Gasteiger partial charge in [0.1, 0.15) is 17.6 Å². The first-order chi connectivity index (χ1) is 12.0. The number of rotatable bonds is 6. The molecule has 0 unspecified atom stereocenters. The summed E-state index contributed by atoms with van der Waals surface area (Å²) in [4.78, 5) is 34.1. The Morgan fingerprint density at radius 1 is 1.32 bits per heavy atom. The molecule has 0 spiro atoms. The summed E-state index contributed by atoms with van der Waals surface area (Å²) in [5.41, 5.74) is 0.652. The molecule has 1 aromatic carbocycles. The third kappa shape index (κ3) is 4.00. The summed E-state index contributed by atoms with van der Waals surface area (Å²) >= 11 is 0. The lowest BCUT2D eigenvalue weighted by Crippen LogP contribution is -2.31. The van der Waals surface area contributed by atoms with Crippen LogP contribution in [0.5, 0.6) is 0 Å². The van der Waals surface area contributed by atoms with E-state index >= 15 is 0 Å². The van der Waals surface area contributed by atoms with Crippen molar-refractivity contribution >= 4 is 17.8 Å². The number of amides is 4. The second kappa shape index (κ2) is 7.12. The summed E-state index contributed by atoms with van der Waals surface area (Å²) in [5, 5.41) is 10.9. The molecule has 2 heterocycles. The van der Waals surface area contributed by atoms with E-state index in [9.17, 15) is 18.8 Å². The Kier molecular flexibility index (Phi) is 4.73. The summed E-state index contributed by atoms with van der Waals surface area (Å²) in [6.07, 6.45) is 0.257. The first-order valence-electron chi connectivity index (χ1n) is 7.61. The van der Waals surface area contributed by atoms with Crippen LogP contribution in [0.1, 0.15) is 18.6 Å². The number of halogens is 1. The molecule has 25 heavy (non-hydrogen) atoms. The lowest BCUT2D eigenvalue weighted by atomic mass is 10.1. The molecule has 0 aliphatic carbocycles. The fourth-order valence-corrected chi connectivity index (χ4v) is 2.40. The van der Waals surface area contributed by atoms with Crippen LogP contribution in [0.15, 0.2) is 34.9 Å². The minimum Gasteiger partial charge on any atom is -0.359 e. The first-order valence-corrected chi connectivity index (χ1v) is 7.61. The maximum Gasteiger partial charge on any atom is 0.322 e. The molecule has 1 fully saturated rings. The molecule has 1 saturated heterocycles. The molecule has 1 aliphatic rings. The van der Waals surface area contributed by atoms with Gasteiger partial charge in [0, 0.05) is 18.1 Å². The summed E-state index contributed by atoms with van der Waals surface area (Å²) in [6.45, 7) is 0.0868.